The van der Waals surface area contributed by atoms with E-state index in [4.69, 9.17) is 4.78 Å². The molecule has 20 heavy (non-hydrogen) atoms. The molecule has 0 aromatic heterocycles. The van der Waals surface area contributed by atoms with Crippen LogP contribution in [0.2, 0.25) is 0 Å². The SMILES string of the molecule is N=[S+]1([O-])CC[C@H]1C(O)(c1ccccc1)c1ccccc1. The molecule has 2 N–H and O–H groups in total. The third-order valence-corrected chi connectivity index (χ3v) is 6.37. The van der Waals surface area contributed by atoms with Gasteiger partial charge in [0.05, 0.1) is 5.75 Å². The molecule has 2 atom stereocenters. The van der Waals surface area contributed by atoms with E-state index >= 15 is 0 Å². The lowest BCUT2D eigenvalue weighted by atomic mass is 9.82. The van der Waals surface area contributed by atoms with Crippen molar-refractivity contribution in [3.8, 4) is 0 Å². The molecular weight excluding hydrogens is 270 g/mol. The van der Waals surface area contributed by atoms with Crippen LogP contribution in [0, 0.1) is 4.78 Å². The lowest BCUT2D eigenvalue weighted by Gasteiger charge is -2.47. The quantitative estimate of drug-likeness (QED) is 0.852. The zero-order valence-corrected chi connectivity index (χ0v) is 11.8. The van der Waals surface area contributed by atoms with Gasteiger partial charge in [0.2, 0.25) is 0 Å². The predicted octanol–water partition coefficient (Wildman–Crippen LogP) is 2.74. The molecule has 2 aromatic rings. The van der Waals surface area contributed by atoms with Gasteiger partial charge in [-0.1, -0.05) is 70.8 Å². The molecule has 1 unspecified atom stereocenters. The molecule has 1 fully saturated rings. The first-order chi connectivity index (χ1) is 9.55. The van der Waals surface area contributed by atoms with Gasteiger partial charge in [0.1, 0.15) is 5.25 Å². The Hall–Kier alpha value is -1.49. The minimum Gasteiger partial charge on any atom is -0.631 e. The first kappa shape index (κ1) is 13.5. The summed E-state index contributed by atoms with van der Waals surface area (Å²) >= 11 is 0. The Morgan fingerprint density at radius 1 is 1.00 bits per heavy atom. The molecule has 3 rings (SSSR count). The third kappa shape index (κ3) is 2.00. The van der Waals surface area contributed by atoms with Crippen molar-refractivity contribution in [2.24, 2.45) is 0 Å². The molecule has 1 heterocycles. The van der Waals surface area contributed by atoms with Crippen molar-refractivity contribution in [3.05, 3.63) is 71.8 Å². The van der Waals surface area contributed by atoms with Crippen molar-refractivity contribution in [2.75, 3.05) is 5.75 Å². The van der Waals surface area contributed by atoms with Crippen LogP contribution in [0.15, 0.2) is 60.7 Å². The molecule has 104 valence electrons. The number of hydrogen-bond donors (Lipinski definition) is 2. The number of aliphatic hydroxyl groups is 1. The number of hydrogen-bond acceptors (Lipinski definition) is 3. The minimum absolute atomic E-state index is 0.375. The summed E-state index contributed by atoms with van der Waals surface area (Å²) in [4.78, 5) is 0. The van der Waals surface area contributed by atoms with Crippen LogP contribution in [-0.2, 0) is 15.7 Å². The molecule has 2 aromatic carbocycles. The van der Waals surface area contributed by atoms with Gasteiger partial charge in [-0.3, -0.25) is 0 Å². The molecule has 3 nitrogen and oxygen atoms in total. The second-order valence-electron chi connectivity index (χ2n) is 5.21. The Labute approximate surface area is 120 Å². The molecule has 0 saturated carbocycles. The molecule has 4 heteroatoms. The average Bonchev–Trinajstić information content (AvgIpc) is 2.48. The molecule has 0 bridgehead atoms. The lowest BCUT2D eigenvalue weighted by molar-refractivity contribution is 0.0676. The maximum atomic E-state index is 12.3. The molecule has 0 radical (unpaired) electrons. The van der Waals surface area contributed by atoms with Gasteiger partial charge in [-0.25, -0.2) is 0 Å². The Morgan fingerprint density at radius 3 is 1.75 bits per heavy atom. The van der Waals surface area contributed by atoms with Crippen LogP contribution < -0.4 is 0 Å². The third-order valence-electron chi connectivity index (χ3n) is 4.04. The maximum absolute atomic E-state index is 12.3. The van der Waals surface area contributed by atoms with E-state index in [1.165, 1.54) is 0 Å². The fourth-order valence-corrected chi connectivity index (χ4v) is 4.58. The summed E-state index contributed by atoms with van der Waals surface area (Å²) in [5, 5.41) is 10.8. The lowest BCUT2D eigenvalue weighted by Crippen LogP contribution is -2.56. The predicted molar refractivity (Wildman–Crippen MR) is 80.0 cm³/mol. The topological polar surface area (TPSA) is 67.1 Å². The van der Waals surface area contributed by atoms with Crippen molar-refractivity contribution < 1.29 is 9.66 Å². The van der Waals surface area contributed by atoms with Crippen molar-refractivity contribution in [1.29, 1.82) is 4.78 Å². The summed E-state index contributed by atoms with van der Waals surface area (Å²) in [5.41, 5.74) is 0.0614. The average molecular weight is 287 g/mol. The summed E-state index contributed by atoms with van der Waals surface area (Å²) in [7, 11) is -2.73. The van der Waals surface area contributed by atoms with Crippen LogP contribution in [0.5, 0.6) is 0 Å². The largest absolute Gasteiger partial charge is 0.631 e. The van der Waals surface area contributed by atoms with E-state index in [0.717, 1.165) is 0 Å². The summed E-state index contributed by atoms with van der Waals surface area (Å²) < 4.78 is 20.2. The first-order valence-electron chi connectivity index (χ1n) is 6.64. The fraction of sp³-hybridized carbons (Fsp3) is 0.250. The molecule has 1 saturated heterocycles. The highest BCUT2D eigenvalue weighted by Gasteiger charge is 2.53. The van der Waals surface area contributed by atoms with Crippen LogP contribution in [0.4, 0.5) is 0 Å². The smallest absolute Gasteiger partial charge is 0.160 e. The van der Waals surface area contributed by atoms with E-state index in [-0.39, 0.29) is 0 Å². The first-order valence-corrected chi connectivity index (χ1v) is 8.43. The van der Waals surface area contributed by atoms with Crippen molar-refractivity contribution in [3.63, 3.8) is 0 Å². The van der Waals surface area contributed by atoms with Crippen LogP contribution in [0.1, 0.15) is 17.5 Å². The van der Waals surface area contributed by atoms with E-state index in [9.17, 15) is 9.66 Å². The van der Waals surface area contributed by atoms with Crippen LogP contribution in [-0.4, -0.2) is 20.7 Å². The molecule has 0 amide bonds. The van der Waals surface area contributed by atoms with Crippen molar-refractivity contribution >= 4 is 10.1 Å². The Kier molecular flexibility index (Phi) is 3.24. The molecule has 0 aliphatic carbocycles. The van der Waals surface area contributed by atoms with Gasteiger partial charge in [0, 0.05) is 6.42 Å². The van der Waals surface area contributed by atoms with Gasteiger partial charge in [0.15, 0.2) is 5.60 Å². The highest BCUT2D eigenvalue weighted by atomic mass is 32.3. The van der Waals surface area contributed by atoms with Gasteiger partial charge >= 0.3 is 0 Å². The zero-order chi connectivity index (χ0) is 14.2. The molecule has 1 aliphatic heterocycles. The van der Waals surface area contributed by atoms with Crippen LogP contribution >= 0.6 is 0 Å². The minimum atomic E-state index is -2.73. The molecule has 0 spiro atoms. The maximum Gasteiger partial charge on any atom is 0.160 e. The van der Waals surface area contributed by atoms with Gasteiger partial charge in [-0.05, 0) is 11.1 Å². The standard InChI is InChI=1S/C16H17NO2S/c17-20(19)12-11-15(20)16(18,13-7-3-1-4-8-13)14-9-5-2-6-10-14/h1-10,15,18H,11-12H2,(H-,17,19)/t15-,20?/m0/s1. The summed E-state index contributed by atoms with van der Waals surface area (Å²) in [6, 6.07) is 18.5. The number of rotatable bonds is 3. The van der Waals surface area contributed by atoms with Crippen LogP contribution in [0.25, 0.3) is 0 Å². The molecular formula is C16H17NO2S. The number of nitrogens with one attached hydrogen (secondary N) is 1. The van der Waals surface area contributed by atoms with Crippen LogP contribution in [0.3, 0.4) is 0 Å². The Morgan fingerprint density at radius 2 is 1.45 bits per heavy atom. The highest BCUT2D eigenvalue weighted by Crippen LogP contribution is 2.45. The van der Waals surface area contributed by atoms with E-state index in [2.05, 4.69) is 0 Å². The van der Waals surface area contributed by atoms with E-state index in [1.54, 1.807) is 0 Å². The van der Waals surface area contributed by atoms with Crippen molar-refractivity contribution in [2.45, 2.75) is 17.3 Å². The van der Waals surface area contributed by atoms with E-state index in [1.807, 2.05) is 60.7 Å². The van der Waals surface area contributed by atoms with E-state index in [0.29, 0.717) is 23.3 Å². The number of benzene rings is 2. The second-order valence-corrected chi connectivity index (χ2v) is 7.64. The molecule has 1 aliphatic rings. The van der Waals surface area contributed by atoms with Gasteiger partial charge in [-0.2, -0.15) is 4.78 Å². The summed E-state index contributed by atoms with van der Waals surface area (Å²) in [5.74, 6) is 0.375. The summed E-state index contributed by atoms with van der Waals surface area (Å²) in [6.45, 7) is 0. The Balaban J connectivity index is 2.16. The van der Waals surface area contributed by atoms with Crippen molar-refractivity contribution in [1.82, 2.24) is 0 Å². The fourth-order valence-electron chi connectivity index (χ4n) is 2.86. The van der Waals surface area contributed by atoms with Gasteiger partial charge in [-0.15, -0.1) is 0 Å². The normalized spacial score (nSPS) is 26.0. The zero-order valence-electron chi connectivity index (χ0n) is 11.0. The Bertz CT molecular complexity index is 603. The van der Waals surface area contributed by atoms with E-state index < -0.39 is 21.0 Å². The second kappa shape index (κ2) is 4.81. The highest BCUT2D eigenvalue weighted by molar-refractivity contribution is 8.00. The van der Waals surface area contributed by atoms with Gasteiger partial charge < -0.3 is 9.66 Å². The van der Waals surface area contributed by atoms with Gasteiger partial charge in [0.25, 0.3) is 0 Å². The monoisotopic (exact) mass is 287 g/mol. The summed E-state index contributed by atoms with van der Waals surface area (Å²) in [6.07, 6.45) is 0.614.